The van der Waals surface area contributed by atoms with E-state index in [1.54, 1.807) is 7.05 Å². The van der Waals surface area contributed by atoms with E-state index in [9.17, 15) is 0 Å². The number of guanidine groups is 1. The Morgan fingerprint density at radius 1 is 1.21 bits per heavy atom. The summed E-state index contributed by atoms with van der Waals surface area (Å²) in [4.78, 5) is 4.28. The maximum absolute atomic E-state index is 4.29. The van der Waals surface area contributed by atoms with Gasteiger partial charge in [0.2, 0.25) is 0 Å². The Hall–Kier alpha value is -1.57. The first-order valence-corrected chi connectivity index (χ1v) is 8.23. The monoisotopic (exact) mass is 441 g/mol. The van der Waals surface area contributed by atoms with Gasteiger partial charge in [0.05, 0.1) is 6.20 Å². The molecule has 0 aliphatic heterocycles. The standard InChI is InChI=1S/C18H27N5.HI/c1-4-16-8-5-6-9-17(16)13-21-18(19-3)20-10-7-11-23-14-15(2)12-22-23;/h5-6,8-9,12,14H,4,7,10-11,13H2,1-3H3,(H2,19,20,21);1H. The summed E-state index contributed by atoms with van der Waals surface area (Å²) in [6.07, 6.45) is 6.01. The molecule has 0 bridgehead atoms. The van der Waals surface area contributed by atoms with Crippen LogP contribution in [0.5, 0.6) is 0 Å². The number of rotatable bonds is 7. The van der Waals surface area contributed by atoms with Gasteiger partial charge in [-0.1, -0.05) is 31.2 Å². The highest BCUT2D eigenvalue weighted by atomic mass is 127. The highest BCUT2D eigenvalue weighted by molar-refractivity contribution is 14.0. The summed E-state index contributed by atoms with van der Waals surface area (Å²) in [7, 11) is 1.80. The molecular weight excluding hydrogens is 413 g/mol. The van der Waals surface area contributed by atoms with E-state index >= 15 is 0 Å². The Bertz CT molecular complexity index is 636. The molecule has 2 rings (SSSR count). The van der Waals surface area contributed by atoms with Crippen molar-refractivity contribution in [2.24, 2.45) is 4.99 Å². The summed E-state index contributed by atoms with van der Waals surface area (Å²) in [6.45, 7) is 6.82. The third-order valence-corrected chi connectivity index (χ3v) is 3.79. The molecule has 2 N–H and O–H groups in total. The molecule has 6 heteroatoms. The van der Waals surface area contributed by atoms with Gasteiger partial charge in [0.25, 0.3) is 0 Å². The first-order valence-electron chi connectivity index (χ1n) is 8.23. The Morgan fingerprint density at radius 3 is 2.58 bits per heavy atom. The summed E-state index contributed by atoms with van der Waals surface area (Å²) in [5.41, 5.74) is 3.90. The molecule has 0 fully saturated rings. The molecule has 5 nitrogen and oxygen atoms in total. The van der Waals surface area contributed by atoms with Gasteiger partial charge in [-0.25, -0.2) is 0 Å². The Kier molecular flexibility index (Phi) is 9.44. The van der Waals surface area contributed by atoms with Gasteiger partial charge < -0.3 is 10.6 Å². The molecule has 0 atom stereocenters. The first kappa shape index (κ1) is 20.5. The summed E-state index contributed by atoms with van der Waals surface area (Å²) in [5.74, 6) is 0.840. The number of aliphatic imine (C=N–C) groups is 1. The van der Waals surface area contributed by atoms with E-state index in [0.29, 0.717) is 0 Å². The van der Waals surface area contributed by atoms with E-state index in [1.165, 1.54) is 16.7 Å². The lowest BCUT2D eigenvalue weighted by molar-refractivity contribution is 0.570. The normalized spacial score (nSPS) is 11.0. The fraction of sp³-hybridized carbons (Fsp3) is 0.444. The van der Waals surface area contributed by atoms with Crippen molar-refractivity contribution in [3.05, 3.63) is 53.3 Å². The molecule has 2 aromatic rings. The van der Waals surface area contributed by atoms with Gasteiger partial charge in [0.1, 0.15) is 0 Å². The predicted molar refractivity (Wildman–Crippen MR) is 111 cm³/mol. The summed E-state index contributed by atoms with van der Waals surface area (Å²) < 4.78 is 1.98. The lowest BCUT2D eigenvalue weighted by atomic mass is 10.1. The fourth-order valence-electron chi connectivity index (χ4n) is 2.51. The van der Waals surface area contributed by atoms with Gasteiger partial charge in [-0.3, -0.25) is 9.67 Å². The molecule has 1 aromatic heterocycles. The molecule has 1 heterocycles. The van der Waals surface area contributed by atoms with E-state index in [2.05, 4.69) is 65.0 Å². The molecule has 132 valence electrons. The van der Waals surface area contributed by atoms with Crippen molar-refractivity contribution in [2.45, 2.75) is 39.8 Å². The highest BCUT2D eigenvalue weighted by Crippen LogP contribution is 2.08. The van der Waals surface area contributed by atoms with Crippen LogP contribution in [0.15, 0.2) is 41.7 Å². The third kappa shape index (κ3) is 6.51. The van der Waals surface area contributed by atoms with Crippen LogP contribution in [-0.4, -0.2) is 29.3 Å². The van der Waals surface area contributed by atoms with Crippen molar-refractivity contribution in [3.8, 4) is 0 Å². The highest BCUT2D eigenvalue weighted by Gasteiger charge is 2.02. The van der Waals surface area contributed by atoms with E-state index in [4.69, 9.17) is 0 Å². The Balaban J connectivity index is 0.00000288. The number of benzene rings is 1. The van der Waals surface area contributed by atoms with Crippen molar-refractivity contribution in [1.29, 1.82) is 0 Å². The number of nitrogens with one attached hydrogen (secondary N) is 2. The van der Waals surface area contributed by atoms with Crippen LogP contribution in [0.2, 0.25) is 0 Å². The zero-order valence-corrected chi connectivity index (χ0v) is 17.1. The minimum absolute atomic E-state index is 0. The quantitative estimate of drug-likeness (QED) is 0.301. The number of halogens is 1. The smallest absolute Gasteiger partial charge is 0.191 e. The van der Waals surface area contributed by atoms with Crippen LogP contribution in [-0.2, 0) is 19.5 Å². The molecule has 0 aliphatic rings. The maximum Gasteiger partial charge on any atom is 0.191 e. The second-order valence-electron chi connectivity index (χ2n) is 5.61. The number of hydrogen-bond donors (Lipinski definition) is 2. The lowest BCUT2D eigenvalue weighted by Crippen LogP contribution is -2.37. The van der Waals surface area contributed by atoms with Gasteiger partial charge in [-0.05, 0) is 36.5 Å². The minimum Gasteiger partial charge on any atom is -0.356 e. The molecule has 0 spiro atoms. The molecule has 0 saturated carbocycles. The summed E-state index contributed by atoms with van der Waals surface area (Å²) in [5, 5.41) is 11.0. The molecule has 24 heavy (non-hydrogen) atoms. The van der Waals surface area contributed by atoms with Gasteiger partial charge in [-0.2, -0.15) is 5.10 Å². The topological polar surface area (TPSA) is 54.2 Å². The van der Waals surface area contributed by atoms with Crippen LogP contribution < -0.4 is 10.6 Å². The zero-order valence-electron chi connectivity index (χ0n) is 14.7. The van der Waals surface area contributed by atoms with E-state index in [-0.39, 0.29) is 24.0 Å². The van der Waals surface area contributed by atoms with Gasteiger partial charge in [-0.15, -0.1) is 24.0 Å². The summed E-state index contributed by atoms with van der Waals surface area (Å²) in [6, 6.07) is 8.52. The van der Waals surface area contributed by atoms with Crippen molar-refractivity contribution < 1.29 is 0 Å². The molecule has 0 unspecified atom stereocenters. The van der Waals surface area contributed by atoms with E-state index < -0.39 is 0 Å². The van der Waals surface area contributed by atoms with Crippen LogP contribution in [0, 0.1) is 6.92 Å². The van der Waals surface area contributed by atoms with Gasteiger partial charge >= 0.3 is 0 Å². The largest absolute Gasteiger partial charge is 0.356 e. The van der Waals surface area contributed by atoms with Crippen molar-refractivity contribution >= 4 is 29.9 Å². The van der Waals surface area contributed by atoms with Crippen molar-refractivity contribution in [1.82, 2.24) is 20.4 Å². The van der Waals surface area contributed by atoms with Crippen LogP contribution >= 0.6 is 24.0 Å². The van der Waals surface area contributed by atoms with Gasteiger partial charge in [0, 0.05) is 32.9 Å². The zero-order chi connectivity index (χ0) is 16.5. The molecule has 0 saturated heterocycles. The van der Waals surface area contributed by atoms with E-state index in [1.807, 2.05) is 10.9 Å². The summed E-state index contributed by atoms with van der Waals surface area (Å²) >= 11 is 0. The SMILES string of the molecule is CCc1ccccc1CNC(=NC)NCCCn1cc(C)cn1.I. The minimum atomic E-state index is 0. The second-order valence-corrected chi connectivity index (χ2v) is 5.61. The Morgan fingerprint density at radius 2 is 1.96 bits per heavy atom. The van der Waals surface area contributed by atoms with Crippen LogP contribution in [0.4, 0.5) is 0 Å². The lowest BCUT2D eigenvalue weighted by Gasteiger charge is -2.13. The number of nitrogens with zero attached hydrogens (tertiary/aromatic N) is 3. The van der Waals surface area contributed by atoms with Crippen LogP contribution in [0.25, 0.3) is 0 Å². The van der Waals surface area contributed by atoms with Crippen molar-refractivity contribution in [3.63, 3.8) is 0 Å². The van der Waals surface area contributed by atoms with E-state index in [0.717, 1.165) is 38.4 Å². The van der Waals surface area contributed by atoms with Crippen LogP contribution in [0.3, 0.4) is 0 Å². The molecule has 1 aromatic carbocycles. The fourth-order valence-corrected chi connectivity index (χ4v) is 2.51. The average molecular weight is 441 g/mol. The first-order chi connectivity index (χ1) is 11.2. The number of aryl methyl sites for hydroxylation is 3. The molecular formula is C18H28IN5. The van der Waals surface area contributed by atoms with Crippen LogP contribution in [0.1, 0.15) is 30.0 Å². The number of aromatic nitrogens is 2. The average Bonchev–Trinajstić information content (AvgIpc) is 3.00. The predicted octanol–water partition coefficient (Wildman–Crippen LogP) is 3.13. The molecule has 0 aliphatic carbocycles. The van der Waals surface area contributed by atoms with Crippen molar-refractivity contribution in [2.75, 3.05) is 13.6 Å². The molecule has 0 amide bonds. The molecule has 0 radical (unpaired) electrons. The third-order valence-electron chi connectivity index (χ3n) is 3.79. The number of hydrogen-bond acceptors (Lipinski definition) is 2. The van der Waals surface area contributed by atoms with Gasteiger partial charge in [0.15, 0.2) is 5.96 Å². The maximum atomic E-state index is 4.29. The second kappa shape index (κ2) is 11.1. The Labute approximate surface area is 162 Å².